The Labute approximate surface area is 177 Å². The number of primary sulfonamides is 1. The summed E-state index contributed by atoms with van der Waals surface area (Å²) >= 11 is 5.50. The SMILES string of the molecule is NS(=O)(=O)c1ccc(CCNC(=S)NC(c2ccccc2)c2ccccc2)cc1. The second kappa shape index (κ2) is 9.65. The molecule has 3 aromatic carbocycles. The van der Waals surface area contributed by atoms with Gasteiger partial charge >= 0.3 is 0 Å². The summed E-state index contributed by atoms with van der Waals surface area (Å²) in [5.41, 5.74) is 3.25. The molecule has 0 saturated heterocycles. The van der Waals surface area contributed by atoms with E-state index >= 15 is 0 Å². The number of benzene rings is 3. The summed E-state index contributed by atoms with van der Waals surface area (Å²) in [7, 11) is -3.67. The Morgan fingerprint density at radius 3 is 1.86 bits per heavy atom. The van der Waals surface area contributed by atoms with Crippen LogP contribution in [-0.4, -0.2) is 20.1 Å². The van der Waals surface area contributed by atoms with Gasteiger partial charge in [0, 0.05) is 6.54 Å². The number of nitrogens with two attached hydrogens (primary N) is 1. The van der Waals surface area contributed by atoms with Crippen LogP contribution in [0.15, 0.2) is 89.8 Å². The number of nitrogens with one attached hydrogen (secondary N) is 2. The van der Waals surface area contributed by atoms with Crippen molar-refractivity contribution in [1.82, 2.24) is 10.6 Å². The third-order valence-electron chi connectivity index (χ3n) is 4.49. The molecule has 3 rings (SSSR count). The molecule has 0 aromatic heterocycles. The number of hydrogen-bond donors (Lipinski definition) is 3. The van der Waals surface area contributed by atoms with E-state index in [1.807, 2.05) is 36.4 Å². The summed E-state index contributed by atoms with van der Waals surface area (Å²) in [6.07, 6.45) is 0.702. The molecule has 0 amide bonds. The minimum atomic E-state index is -3.67. The minimum Gasteiger partial charge on any atom is -0.362 e. The van der Waals surface area contributed by atoms with Crippen molar-refractivity contribution in [2.24, 2.45) is 5.14 Å². The highest BCUT2D eigenvalue weighted by Gasteiger charge is 2.14. The molecule has 150 valence electrons. The van der Waals surface area contributed by atoms with E-state index < -0.39 is 10.0 Å². The Kier molecular flexibility index (Phi) is 6.98. The summed E-state index contributed by atoms with van der Waals surface area (Å²) in [6, 6.07) is 26.8. The van der Waals surface area contributed by atoms with Crippen LogP contribution >= 0.6 is 12.2 Å². The van der Waals surface area contributed by atoms with Crippen molar-refractivity contribution in [3.63, 3.8) is 0 Å². The van der Waals surface area contributed by atoms with E-state index in [-0.39, 0.29) is 10.9 Å². The lowest BCUT2D eigenvalue weighted by Gasteiger charge is -2.22. The van der Waals surface area contributed by atoms with Gasteiger partial charge in [0.25, 0.3) is 0 Å². The molecular formula is C22H23N3O2S2. The molecule has 0 saturated carbocycles. The van der Waals surface area contributed by atoms with Crippen LogP contribution in [0.4, 0.5) is 0 Å². The fourth-order valence-electron chi connectivity index (χ4n) is 3.00. The van der Waals surface area contributed by atoms with Crippen molar-refractivity contribution in [2.75, 3.05) is 6.54 Å². The monoisotopic (exact) mass is 425 g/mol. The second-order valence-electron chi connectivity index (χ2n) is 6.59. The van der Waals surface area contributed by atoms with E-state index in [2.05, 4.69) is 34.9 Å². The fourth-order valence-corrected chi connectivity index (χ4v) is 3.73. The van der Waals surface area contributed by atoms with E-state index in [1.165, 1.54) is 12.1 Å². The van der Waals surface area contributed by atoms with Gasteiger partial charge in [-0.3, -0.25) is 0 Å². The van der Waals surface area contributed by atoms with Gasteiger partial charge in [-0.05, 0) is 47.5 Å². The second-order valence-corrected chi connectivity index (χ2v) is 8.56. The Balaban J connectivity index is 1.59. The van der Waals surface area contributed by atoms with E-state index in [9.17, 15) is 8.42 Å². The Morgan fingerprint density at radius 1 is 0.862 bits per heavy atom. The average molecular weight is 426 g/mol. The smallest absolute Gasteiger partial charge is 0.238 e. The number of sulfonamides is 1. The summed E-state index contributed by atoms with van der Waals surface area (Å²) in [5, 5.41) is 12.3. The first-order chi connectivity index (χ1) is 13.9. The topological polar surface area (TPSA) is 84.2 Å². The van der Waals surface area contributed by atoms with Crippen LogP contribution in [-0.2, 0) is 16.4 Å². The first kappa shape index (κ1) is 21.0. The van der Waals surface area contributed by atoms with Crippen molar-refractivity contribution in [1.29, 1.82) is 0 Å². The maximum Gasteiger partial charge on any atom is 0.238 e. The summed E-state index contributed by atoms with van der Waals surface area (Å²) in [6.45, 7) is 0.622. The molecular weight excluding hydrogens is 402 g/mol. The lowest BCUT2D eigenvalue weighted by molar-refractivity contribution is 0.598. The van der Waals surface area contributed by atoms with Gasteiger partial charge in [0.05, 0.1) is 10.9 Å². The van der Waals surface area contributed by atoms with Crippen LogP contribution in [0, 0.1) is 0 Å². The molecule has 0 bridgehead atoms. The van der Waals surface area contributed by atoms with Gasteiger partial charge < -0.3 is 10.6 Å². The zero-order valence-electron chi connectivity index (χ0n) is 15.8. The molecule has 0 radical (unpaired) electrons. The maximum absolute atomic E-state index is 11.3. The minimum absolute atomic E-state index is 0.0496. The summed E-state index contributed by atoms with van der Waals surface area (Å²) < 4.78 is 22.6. The highest BCUT2D eigenvalue weighted by Crippen LogP contribution is 2.21. The van der Waals surface area contributed by atoms with Gasteiger partial charge in [0.1, 0.15) is 0 Å². The molecule has 29 heavy (non-hydrogen) atoms. The number of hydrogen-bond acceptors (Lipinski definition) is 3. The molecule has 0 spiro atoms. The van der Waals surface area contributed by atoms with Gasteiger partial charge in [0.15, 0.2) is 5.11 Å². The summed E-state index contributed by atoms with van der Waals surface area (Å²) in [5.74, 6) is 0. The predicted octanol–water partition coefficient (Wildman–Crippen LogP) is 3.13. The Bertz CT molecular complexity index is 999. The molecule has 0 fully saturated rings. The molecule has 5 nitrogen and oxygen atoms in total. The largest absolute Gasteiger partial charge is 0.362 e. The van der Waals surface area contributed by atoms with Crippen LogP contribution in [0.3, 0.4) is 0 Å². The van der Waals surface area contributed by atoms with Crippen LogP contribution in [0.5, 0.6) is 0 Å². The summed E-state index contributed by atoms with van der Waals surface area (Å²) in [4.78, 5) is 0.111. The normalized spacial score (nSPS) is 11.2. The van der Waals surface area contributed by atoms with Crippen LogP contribution in [0.2, 0.25) is 0 Å². The molecule has 0 unspecified atom stereocenters. The van der Waals surface area contributed by atoms with Crippen molar-refractivity contribution in [2.45, 2.75) is 17.4 Å². The molecule has 0 atom stereocenters. The molecule has 0 aliphatic carbocycles. The van der Waals surface area contributed by atoms with E-state index in [4.69, 9.17) is 17.4 Å². The van der Waals surface area contributed by atoms with Crippen molar-refractivity contribution in [3.05, 3.63) is 102 Å². The number of thiocarbonyl (C=S) groups is 1. The van der Waals surface area contributed by atoms with Gasteiger partial charge in [-0.1, -0.05) is 72.8 Å². The number of rotatable bonds is 7. The van der Waals surface area contributed by atoms with E-state index in [1.54, 1.807) is 12.1 Å². The van der Waals surface area contributed by atoms with Crippen molar-refractivity contribution < 1.29 is 8.42 Å². The van der Waals surface area contributed by atoms with E-state index in [0.717, 1.165) is 16.7 Å². The van der Waals surface area contributed by atoms with Gasteiger partial charge in [0.2, 0.25) is 10.0 Å². The average Bonchev–Trinajstić information content (AvgIpc) is 2.73. The standard InChI is InChI=1S/C22H23N3O2S2/c23-29(26,27)20-13-11-17(12-14-20)15-16-24-22(28)25-21(18-7-3-1-4-8-18)19-9-5-2-6-10-19/h1-14,21H,15-16H2,(H2,23,26,27)(H2,24,25,28). The molecule has 4 N–H and O–H groups in total. The van der Waals surface area contributed by atoms with Gasteiger partial charge in [-0.15, -0.1) is 0 Å². The first-order valence-electron chi connectivity index (χ1n) is 9.19. The maximum atomic E-state index is 11.3. The Morgan fingerprint density at radius 2 is 1.38 bits per heavy atom. The highest BCUT2D eigenvalue weighted by atomic mass is 32.2. The van der Waals surface area contributed by atoms with Crippen LogP contribution < -0.4 is 15.8 Å². The third-order valence-corrected chi connectivity index (χ3v) is 5.68. The van der Waals surface area contributed by atoms with Crippen molar-refractivity contribution in [3.8, 4) is 0 Å². The van der Waals surface area contributed by atoms with E-state index in [0.29, 0.717) is 18.1 Å². The van der Waals surface area contributed by atoms with Gasteiger partial charge in [-0.2, -0.15) is 0 Å². The highest BCUT2D eigenvalue weighted by molar-refractivity contribution is 7.89. The first-order valence-corrected chi connectivity index (χ1v) is 11.1. The lowest BCUT2D eigenvalue weighted by Crippen LogP contribution is -2.39. The molecule has 0 aliphatic heterocycles. The predicted molar refractivity (Wildman–Crippen MR) is 120 cm³/mol. The fraction of sp³-hybridized carbons (Fsp3) is 0.136. The molecule has 0 heterocycles. The quantitative estimate of drug-likeness (QED) is 0.507. The molecule has 0 aliphatic rings. The van der Waals surface area contributed by atoms with Crippen molar-refractivity contribution >= 4 is 27.4 Å². The molecule has 7 heteroatoms. The third kappa shape index (κ3) is 6.12. The zero-order valence-corrected chi connectivity index (χ0v) is 17.4. The Hall–Kier alpha value is -2.74. The van der Waals surface area contributed by atoms with Crippen LogP contribution in [0.1, 0.15) is 22.7 Å². The lowest BCUT2D eigenvalue weighted by atomic mass is 9.99. The van der Waals surface area contributed by atoms with Crippen LogP contribution in [0.25, 0.3) is 0 Å². The zero-order chi connectivity index (χ0) is 20.7. The van der Waals surface area contributed by atoms with Gasteiger partial charge in [-0.25, -0.2) is 13.6 Å². The molecule has 3 aromatic rings.